The maximum absolute atomic E-state index is 11.8. The van der Waals surface area contributed by atoms with Gasteiger partial charge in [-0.1, -0.05) is 12.1 Å². The summed E-state index contributed by atoms with van der Waals surface area (Å²) in [4.78, 5) is 29.2. The molecular formula is C24H29N7O3S. The summed E-state index contributed by atoms with van der Waals surface area (Å²) in [6, 6.07) is 7.70. The van der Waals surface area contributed by atoms with Crippen molar-refractivity contribution >= 4 is 45.4 Å². The fourth-order valence-corrected chi connectivity index (χ4v) is 5.68. The summed E-state index contributed by atoms with van der Waals surface area (Å²) in [5.74, 6) is 1.47. The van der Waals surface area contributed by atoms with Crippen LogP contribution in [0, 0.1) is 5.41 Å². The third-order valence-corrected chi connectivity index (χ3v) is 7.53. The first-order chi connectivity index (χ1) is 17.1. The van der Waals surface area contributed by atoms with Gasteiger partial charge >= 0.3 is 6.09 Å². The number of anilines is 2. The second kappa shape index (κ2) is 10.1. The van der Waals surface area contributed by atoms with Crippen molar-refractivity contribution < 1.29 is 14.3 Å². The number of methoxy groups -OCH3 is 1. The monoisotopic (exact) mass is 495 g/mol. The molecule has 3 aromatic rings. The smallest absolute Gasteiger partial charge is 0.409 e. The van der Waals surface area contributed by atoms with E-state index in [-0.39, 0.29) is 6.09 Å². The number of thiophene rings is 1. The summed E-state index contributed by atoms with van der Waals surface area (Å²) >= 11 is 1.72. The Labute approximate surface area is 207 Å². The van der Waals surface area contributed by atoms with Crippen molar-refractivity contribution in [2.45, 2.75) is 6.54 Å². The highest BCUT2D eigenvalue weighted by Crippen LogP contribution is 2.36. The number of carbonyl (C=O) groups excluding carboxylic acids is 1. The second-order valence-corrected chi connectivity index (χ2v) is 9.72. The third-order valence-electron chi connectivity index (χ3n) is 6.43. The van der Waals surface area contributed by atoms with Gasteiger partial charge in [-0.25, -0.2) is 14.8 Å². The van der Waals surface area contributed by atoms with E-state index >= 15 is 0 Å². The van der Waals surface area contributed by atoms with Gasteiger partial charge in [0.05, 0.1) is 30.5 Å². The van der Waals surface area contributed by atoms with E-state index in [1.165, 1.54) is 18.2 Å². The lowest BCUT2D eigenvalue weighted by Crippen LogP contribution is -2.48. The molecule has 0 spiro atoms. The summed E-state index contributed by atoms with van der Waals surface area (Å²) in [7, 11) is 1.42. The average Bonchev–Trinajstić information content (AvgIpc) is 3.30. The summed E-state index contributed by atoms with van der Waals surface area (Å²) in [6.07, 6.45) is 0.995. The van der Waals surface area contributed by atoms with Gasteiger partial charge < -0.3 is 30.4 Å². The fraction of sp³-hybridized carbons (Fsp3) is 0.417. The Kier molecular flexibility index (Phi) is 6.80. The van der Waals surface area contributed by atoms with E-state index in [9.17, 15) is 4.79 Å². The van der Waals surface area contributed by atoms with Gasteiger partial charge in [0.1, 0.15) is 0 Å². The zero-order valence-electron chi connectivity index (χ0n) is 19.7. The summed E-state index contributed by atoms with van der Waals surface area (Å²) in [6.45, 7) is 6.54. The molecule has 10 nitrogen and oxygen atoms in total. The van der Waals surface area contributed by atoms with E-state index in [1.807, 2.05) is 12.1 Å². The van der Waals surface area contributed by atoms with Crippen molar-refractivity contribution in [3.05, 3.63) is 34.7 Å². The average molecular weight is 496 g/mol. The van der Waals surface area contributed by atoms with Crippen LogP contribution in [0.1, 0.15) is 10.4 Å². The van der Waals surface area contributed by atoms with Crippen molar-refractivity contribution in [1.29, 1.82) is 5.41 Å². The Morgan fingerprint density at radius 2 is 1.97 bits per heavy atom. The molecule has 11 heteroatoms. The number of morpholine rings is 1. The number of hydrogen-bond acceptors (Lipinski definition) is 10. The first kappa shape index (κ1) is 23.5. The summed E-state index contributed by atoms with van der Waals surface area (Å²) in [5, 5.41) is 7.86. The Morgan fingerprint density at radius 1 is 1.20 bits per heavy atom. The molecule has 0 saturated carbocycles. The van der Waals surface area contributed by atoms with Crippen molar-refractivity contribution in [2.24, 2.45) is 0 Å². The molecule has 3 N–H and O–H groups in total. The van der Waals surface area contributed by atoms with Crippen LogP contribution in [-0.2, 0) is 16.0 Å². The quantitative estimate of drug-likeness (QED) is 0.409. The van der Waals surface area contributed by atoms with Crippen molar-refractivity contribution in [3.8, 4) is 11.4 Å². The van der Waals surface area contributed by atoms with Crippen LogP contribution in [0.4, 0.5) is 16.3 Å². The van der Waals surface area contributed by atoms with Gasteiger partial charge in [-0.05, 0) is 12.1 Å². The number of amides is 1. The summed E-state index contributed by atoms with van der Waals surface area (Å²) < 4.78 is 11.5. The molecule has 35 heavy (non-hydrogen) atoms. The molecule has 1 aromatic carbocycles. The first-order valence-electron chi connectivity index (χ1n) is 11.6. The van der Waals surface area contributed by atoms with E-state index < -0.39 is 0 Å². The number of carbonyl (C=O) groups is 1. The third kappa shape index (κ3) is 4.79. The number of piperazine rings is 1. The second-order valence-electron chi connectivity index (χ2n) is 8.58. The lowest BCUT2D eigenvalue weighted by molar-refractivity contribution is 0.0892. The molecule has 2 aliphatic heterocycles. The van der Waals surface area contributed by atoms with Crippen LogP contribution in [0.25, 0.3) is 21.6 Å². The van der Waals surface area contributed by atoms with Crippen LogP contribution in [0.2, 0.25) is 0 Å². The highest BCUT2D eigenvalue weighted by molar-refractivity contribution is 7.19. The topological polar surface area (TPSA) is 121 Å². The van der Waals surface area contributed by atoms with Crippen molar-refractivity contribution in [2.75, 3.05) is 70.2 Å². The largest absolute Gasteiger partial charge is 0.453 e. The number of nitrogens with two attached hydrogens (primary N) is 1. The number of hydrogen-bond donors (Lipinski definition) is 2. The maximum atomic E-state index is 11.8. The number of nitrogens with one attached hydrogen (secondary N) is 1. The van der Waals surface area contributed by atoms with Gasteiger partial charge in [0, 0.05) is 73.7 Å². The van der Waals surface area contributed by atoms with Crippen molar-refractivity contribution in [1.82, 2.24) is 19.8 Å². The number of fused-ring (bicyclic) bond motifs is 1. The van der Waals surface area contributed by atoms with Crippen LogP contribution in [0.15, 0.2) is 24.3 Å². The molecule has 0 aliphatic carbocycles. The van der Waals surface area contributed by atoms with E-state index in [0.29, 0.717) is 43.4 Å². The number of nitrogens with zero attached hydrogens (tertiary/aromatic N) is 5. The molecule has 0 bridgehead atoms. The van der Waals surface area contributed by atoms with Gasteiger partial charge in [-0.15, -0.1) is 11.3 Å². The molecule has 5 rings (SSSR count). The van der Waals surface area contributed by atoms with E-state index in [4.69, 9.17) is 30.6 Å². The number of nitrogen functional groups attached to an aromatic ring is 1. The molecule has 0 atom stereocenters. The van der Waals surface area contributed by atoms with Crippen LogP contribution < -0.4 is 10.6 Å². The van der Waals surface area contributed by atoms with Gasteiger partial charge in [0.15, 0.2) is 11.6 Å². The highest BCUT2D eigenvalue weighted by atomic mass is 32.1. The van der Waals surface area contributed by atoms with Crippen LogP contribution in [-0.4, -0.2) is 91.7 Å². The molecule has 0 unspecified atom stereocenters. The fourth-order valence-electron chi connectivity index (χ4n) is 4.53. The Hall–Kier alpha value is -3.28. The van der Waals surface area contributed by atoms with Crippen LogP contribution in [0.5, 0.6) is 0 Å². The Balaban J connectivity index is 1.48. The van der Waals surface area contributed by atoms with E-state index in [0.717, 1.165) is 54.3 Å². The van der Waals surface area contributed by atoms with Gasteiger partial charge in [0.25, 0.3) is 0 Å². The molecule has 2 saturated heterocycles. The number of benzene rings is 1. The zero-order valence-corrected chi connectivity index (χ0v) is 20.5. The number of ether oxygens (including phenoxy) is 2. The van der Waals surface area contributed by atoms with Crippen LogP contribution in [0.3, 0.4) is 0 Å². The molecule has 2 aliphatic rings. The molecule has 0 radical (unpaired) electrons. The van der Waals surface area contributed by atoms with Gasteiger partial charge in [0.2, 0.25) is 0 Å². The molecule has 2 fully saturated rings. The van der Waals surface area contributed by atoms with E-state index in [2.05, 4.69) is 15.9 Å². The number of aromatic nitrogens is 2. The lowest BCUT2D eigenvalue weighted by atomic mass is 10.1. The van der Waals surface area contributed by atoms with Crippen LogP contribution >= 0.6 is 11.3 Å². The SMILES string of the molecule is COC(=O)N1CCN(Cc2cc3nc(-c4cccc(N)c4C=N)nc(N4CCOCC4)c3s2)CC1. The highest BCUT2D eigenvalue weighted by Gasteiger charge is 2.24. The molecule has 184 valence electrons. The van der Waals surface area contributed by atoms with E-state index in [1.54, 1.807) is 22.3 Å². The Morgan fingerprint density at radius 3 is 2.69 bits per heavy atom. The van der Waals surface area contributed by atoms with Crippen molar-refractivity contribution in [3.63, 3.8) is 0 Å². The minimum absolute atomic E-state index is 0.268. The summed E-state index contributed by atoms with van der Waals surface area (Å²) in [5.41, 5.74) is 8.94. The Bertz CT molecular complexity index is 1230. The predicted octanol–water partition coefficient (Wildman–Crippen LogP) is 2.66. The van der Waals surface area contributed by atoms with Gasteiger partial charge in [-0.2, -0.15) is 0 Å². The minimum Gasteiger partial charge on any atom is -0.453 e. The zero-order chi connectivity index (χ0) is 24.4. The number of rotatable bonds is 5. The lowest BCUT2D eigenvalue weighted by Gasteiger charge is -2.33. The standard InChI is InChI=1S/C24H29N7O3S/c1-33-24(32)31-7-5-29(6-8-31)15-16-13-20-21(35-16)23(30-9-11-34-12-10-30)28-22(27-20)17-3-2-4-19(26)18(17)14-25/h2-4,13-14,25H,5-12,15,26H2,1H3. The minimum atomic E-state index is -0.268. The molecule has 1 amide bonds. The molecule has 4 heterocycles. The maximum Gasteiger partial charge on any atom is 0.409 e. The van der Waals surface area contributed by atoms with Gasteiger partial charge in [-0.3, -0.25) is 4.90 Å². The first-order valence-corrected chi connectivity index (χ1v) is 12.5. The normalized spacial score (nSPS) is 17.1. The predicted molar refractivity (Wildman–Crippen MR) is 137 cm³/mol. The molecular weight excluding hydrogens is 466 g/mol. The molecule has 2 aromatic heterocycles.